The summed E-state index contributed by atoms with van der Waals surface area (Å²) in [7, 11) is 0. The van der Waals surface area contributed by atoms with Crippen LogP contribution in [0.3, 0.4) is 0 Å². The van der Waals surface area contributed by atoms with Crippen molar-refractivity contribution in [1.29, 1.82) is 0 Å². The minimum Gasteiger partial charge on any atom is -0.494 e. The minimum atomic E-state index is -0.627. The molecule has 178 valence electrons. The number of esters is 1. The fraction of sp³-hybridized carbons (Fsp3) is 0.185. The Morgan fingerprint density at radius 2 is 1.40 bits per heavy atom. The van der Waals surface area contributed by atoms with Gasteiger partial charge in [0.25, 0.3) is 5.91 Å². The fourth-order valence-corrected chi connectivity index (χ4v) is 3.70. The largest absolute Gasteiger partial charge is 0.494 e. The zero-order valence-electron chi connectivity index (χ0n) is 19.0. The molecule has 0 bridgehead atoms. The van der Waals surface area contributed by atoms with Crippen molar-refractivity contribution in [2.24, 2.45) is 0 Å². The lowest BCUT2D eigenvalue weighted by Gasteiger charge is -2.20. The number of hydrogen-bond donors (Lipinski definition) is 1. The van der Waals surface area contributed by atoms with Gasteiger partial charge in [-0.25, -0.2) is 0 Å². The Labute approximate surface area is 201 Å². The molecule has 0 fully saturated rings. The van der Waals surface area contributed by atoms with Crippen LogP contribution in [0.15, 0.2) is 66.7 Å². The van der Waals surface area contributed by atoms with Gasteiger partial charge in [-0.1, -0.05) is 36.4 Å². The number of rotatable bonds is 9. The summed E-state index contributed by atoms with van der Waals surface area (Å²) in [5.41, 5.74) is 1.14. The first kappa shape index (κ1) is 23.7. The molecule has 3 aromatic rings. The summed E-state index contributed by atoms with van der Waals surface area (Å²) in [6.07, 6.45) is -0.0506. The van der Waals surface area contributed by atoms with Crippen LogP contribution in [0, 0.1) is 0 Å². The first-order chi connectivity index (χ1) is 17.0. The van der Waals surface area contributed by atoms with E-state index < -0.39 is 18.5 Å². The molecule has 0 heterocycles. The maximum atomic E-state index is 13.0. The molecule has 0 unspecified atom stereocenters. The number of benzene rings is 3. The molecule has 1 aliphatic carbocycles. The van der Waals surface area contributed by atoms with Crippen LogP contribution < -0.4 is 14.8 Å². The summed E-state index contributed by atoms with van der Waals surface area (Å²) >= 11 is 0. The molecule has 0 spiro atoms. The SMILES string of the molecule is CCOc1ccc(OCCC(=O)OCC(=O)Nc2cccc3c2C(=O)c2ccccc2C3=O)cc1. The standard InChI is InChI=1S/C27H23NO7/c1-2-33-17-10-12-18(13-11-17)34-15-14-24(30)35-16-23(29)28-22-9-5-8-21-25(22)27(32)20-7-4-3-6-19(20)26(21)31/h3-13H,2,14-16H2,1H3,(H,28,29). The van der Waals surface area contributed by atoms with Crippen molar-refractivity contribution in [1.82, 2.24) is 0 Å². The molecular weight excluding hydrogens is 450 g/mol. The van der Waals surface area contributed by atoms with Crippen LogP contribution in [0.1, 0.15) is 45.2 Å². The Hall–Kier alpha value is -4.46. The van der Waals surface area contributed by atoms with Crippen LogP contribution in [-0.4, -0.2) is 43.3 Å². The summed E-state index contributed by atoms with van der Waals surface area (Å²) in [5, 5.41) is 2.57. The number of nitrogens with one attached hydrogen (secondary N) is 1. The molecule has 4 rings (SSSR count). The molecule has 8 heteroatoms. The quantitative estimate of drug-likeness (QED) is 0.368. The Kier molecular flexibility index (Phi) is 7.21. The molecule has 0 aliphatic heterocycles. The van der Waals surface area contributed by atoms with Crippen molar-refractivity contribution < 1.29 is 33.4 Å². The summed E-state index contributed by atoms with van der Waals surface area (Å²) in [4.78, 5) is 50.2. The highest BCUT2D eigenvalue weighted by molar-refractivity contribution is 6.30. The van der Waals surface area contributed by atoms with Gasteiger partial charge in [0.15, 0.2) is 18.2 Å². The van der Waals surface area contributed by atoms with Crippen molar-refractivity contribution in [3.05, 3.63) is 89.0 Å². The van der Waals surface area contributed by atoms with Gasteiger partial charge in [-0.3, -0.25) is 19.2 Å². The maximum Gasteiger partial charge on any atom is 0.309 e. The van der Waals surface area contributed by atoms with E-state index in [2.05, 4.69) is 5.32 Å². The molecule has 0 atom stereocenters. The number of carbonyl (C=O) groups excluding carboxylic acids is 4. The third-order valence-electron chi connectivity index (χ3n) is 5.30. The highest BCUT2D eigenvalue weighted by atomic mass is 16.5. The topological polar surface area (TPSA) is 108 Å². The van der Waals surface area contributed by atoms with E-state index in [-0.39, 0.29) is 47.0 Å². The molecule has 35 heavy (non-hydrogen) atoms. The number of ether oxygens (including phenoxy) is 3. The Bertz CT molecular complexity index is 1280. The fourth-order valence-electron chi connectivity index (χ4n) is 3.70. The van der Waals surface area contributed by atoms with Crippen LogP contribution in [0.25, 0.3) is 0 Å². The van der Waals surface area contributed by atoms with E-state index in [0.717, 1.165) is 5.75 Å². The lowest BCUT2D eigenvalue weighted by Crippen LogP contribution is -2.26. The molecule has 8 nitrogen and oxygen atoms in total. The number of fused-ring (bicyclic) bond motifs is 2. The van der Waals surface area contributed by atoms with Gasteiger partial charge in [0.2, 0.25) is 0 Å². The Balaban J connectivity index is 1.30. The molecule has 0 aromatic heterocycles. The van der Waals surface area contributed by atoms with Crippen LogP contribution >= 0.6 is 0 Å². The Morgan fingerprint density at radius 3 is 2.09 bits per heavy atom. The van der Waals surface area contributed by atoms with E-state index in [1.165, 1.54) is 6.07 Å². The number of carbonyl (C=O) groups is 4. The van der Waals surface area contributed by atoms with E-state index >= 15 is 0 Å². The lowest BCUT2D eigenvalue weighted by molar-refractivity contribution is -0.147. The lowest BCUT2D eigenvalue weighted by atomic mass is 9.83. The van der Waals surface area contributed by atoms with Crippen LogP contribution in [0.2, 0.25) is 0 Å². The van der Waals surface area contributed by atoms with Crippen LogP contribution in [0.4, 0.5) is 5.69 Å². The van der Waals surface area contributed by atoms with Crippen molar-refractivity contribution >= 4 is 29.1 Å². The third kappa shape index (κ3) is 5.38. The van der Waals surface area contributed by atoms with E-state index in [0.29, 0.717) is 17.9 Å². The number of ketones is 2. The smallest absolute Gasteiger partial charge is 0.309 e. The average Bonchev–Trinajstić information content (AvgIpc) is 2.87. The van der Waals surface area contributed by atoms with Crippen molar-refractivity contribution in [3.63, 3.8) is 0 Å². The number of hydrogen-bond acceptors (Lipinski definition) is 7. The first-order valence-electron chi connectivity index (χ1n) is 11.1. The predicted octanol–water partition coefficient (Wildman–Crippen LogP) is 3.81. The van der Waals surface area contributed by atoms with E-state index in [1.54, 1.807) is 60.7 Å². The molecule has 0 saturated heterocycles. The van der Waals surface area contributed by atoms with Crippen molar-refractivity contribution in [2.75, 3.05) is 25.1 Å². The highest BCUT2D eigenvalue weighted by Crippen LogP contribution is 2.31. The molecule has 3 aromatic carbocycles. The summed E-state index contributed by atoms with van der Waals surface area (Å²) in [5.74, 6) is -0.576. The second-order valence-corrected chi connectivity index (χ2v) is 7.64. The van der Waals surface area contributed by atoms with Gasteiger partial charge in [0.1, 0.15) is 11.5 Å². The molecular formula is C27H23NO7. The zero-order chi connectivity index (χ0) is 24.8. The van der Waals surface area contributed by atoms with Gasteiger partial charge in [-0.15, -0.1) is 0 Å². The summed E-state index contributed by atoms with van der Waals surface area (Å²) < 4.78 is 15.9. The molecule has 0 saturated carbocycles. The van der Waals surface area contributed by atoms with Gasteiger partial charge in [0, 0.05) is 16.7 Å². The Morgan fingerprint density at radius 1 is 0.771 bits per heavy atom. The van der Waals surface area contributed by atoms with Crippen LogP contribution in [-0.2, 0) is 14.3 Å². The first-order valence-corrected chi connectivity index (χ1v) is 11.1. The summed E-state index contributed by atoms with van der Waals surface area (Å²) in [6.45, 7) is 2.00. The second-order valence-electron chi connectivity index (χ2n) is 7.64. The maximum absolute atomic E-state index is 13.0. The van der Waals surface area contributed by atoms with Gasteiger partial charge in [-0.2, -0.15) is 0 Å². The van der Waals surface area contributed by atoms with E-state index in [9.17, 15) is 19.2 Å². The van der Waals surface area contributed by atoms with Crippen molar-refractivity contribution in [2.45, 2.75) is 13.3 Å². The third-order valence-corrected chi connectivity index (χ3v) is 5.30. The van der Waals surface area contributed by atoms with Crippen molar-refractivity contribution in [3.8, 4) is 11.5 Å². The molecule has 0 radical (unpaired) electrons. The normalized spacial score (nSPS) is 11.8. The minimum absolute atomic E-state index is 0.0506. The molecule has 1 N–H and O–H groups in total. The van der Waals surface area contributed by atoms with Gasteiger partial charge < -0.3 is 19.5 Å². The second kappa shape index (κ2) is 10.6. The molecule has 1 aliphatic rings. The average molecular weight is 473 g/mol. The number of amides is 1. The number of anilines is 1. The van der Waals surface area contributed by atoms with Gasteiger partial charge >= 0.3 is 5.97 Å². The van der Waals surface area contributed by atoms with Crippen LogP contribution in [0.5, 0.6) is 11.5 Å². The van der Waals surface area contributed by atoms with Gasteiger partial charge in [-0.05, 0) is 37.3 Å². The monoisotopic (exact) mass is 473 g/mol. The van der Waals surface area contributed by atoms with E-state index in [1.807, 2.05) is 6.92 Å². The summed E-state index contributed by atoms with van der Waals surface area (Å²) in [6, 6.07) is 18.2. The van der Waals surface area contributed by atoms with E-state index in [4.69, 9.17) is 14.2 Å². The highest BCUT2D eigenvalue weighted by Gasteiger charge is 2.31. The van der Waals surface area contributed by atoms with Gasteiger partial charge in [0.05, 0.1) is 30.9 Å². The predicted molar refractivity (Wildman–Crippen MR) is 127 cm³/mol. The zero-order valence-corrected chi connectivity index (χ0v) is 19.0. The molecule has 1 amide bonds.